The van der Waals surface area contributed by atoms with Crippen molar-refractivity contribution < 1.29 is 14.0 Å². The SMILES string of the molecule is CCOCCc1onc(N)c1-c1ccc(OCC)cc1. The average Bonchev–Trinajstić information content (AvgIpc) is 2.82. The molecule has 108 valence electrons. The number of aromatic nitrogens is 1. The quantitative estimate of drug-likeness (QED) is 0.787. The summed E-state index contributed by atoms with van der Waals surface area (Å²) >= 11 is 0. The molecule has 20 heavy (non-hydrogen) atoms. The predicted octanol–water partition coefficient (Wildman–Crippen LogP) is 2.90. The molecule has 5 nitrogen and oxygen atoms in total. The molecule has 0 fully saturated rings. The zero-order chi connectivity index (χ0) is 14.4. The molecule has 2 rings (SSSR count). The van der Waals surface area contributed by atoms with Gasteiger partial charge in [0.2, 0.25) is 0 Å². The van der Waals surface area contributed by atoms with Crippen molar-refractivity contribution in [3.05, 3.63) is 30.0 Å². The van der Waals surface area contributed by atoms with Crippen LogP contribution < -0.4 is 10.5 Å². The van der Waals surface area contributed by atoms with Crippen molar-refractivity contribution in [2.24, 2.45) is 0 Å². The van der Waals surface area contributed by atoms with E-state index in [9.17, 15) is 0 Å². The molecule has 0 amide bonds. The van der Waals surface area contributed by atoms with Gasteiger partial charge >= 0.3 is 0 Å². The Bertz CT molecular complexity index is 535. The number of hydrogen-bond acceptors (Lipinski definition) is 5. The number of rotatable bonds is 7. The summed E-state index contributed by atoms with van der Waals surface area (Å²) in [7, 11) is 0. The van der Waals surface area contributed by atoms with E-state index in [2.05, 4.69) is 5.16 Å². The maximum atomic E-state index is 5.90. The van der Waals surface area contributed by atoms with Crippen molar-refractivity contribution in [2.45, 2.75) is 20.3 Å². The first kappa shape index (κ1) is 14.4. The van der Waals surface area contributed by atoms with E-state index in [4.69, 9.17) is 19.7 Å². The first-order chi connectivity index (χ1) is 9.76. The number of hydrogen-bond donors (Lipinski definition) is 1. The molecule has 0 saturated heterocycles. The van der Waals surface area contributed by atoms with Gasteiger partial charge in [-0.2, -0.15) is 0 Å². The monoisotopic (exact) mass is 276 g/mol. The van der Waals surface area contributed by atoms with Gasteiger partial charge in [0.25, 0.3) is 0 Å². The lowest BCUT2D eigenvalue weighted by atomic mass is 10.0. The fourth-order valence-corrected chi connectivity index (χ4v) is 2.01. The summed E-state index contributed by atoms with van der Waals surface area (Å²) in [5, 5.41) is 3.85. The second kappa shape index (κ2) is 6.96. The average molecular weight is 276 g/mol. The van der Waals surface area contributed by atoms with E-state index < -0.39 is 0 Å². The Labute approximate surface area is 118 Å². The van der Waals surface area contributed by atoms with E-state index in [1.807, 2.05) is 38.1 Å². The van der Waals surface area contributed by atoms with E-state index in [0.29, 0.717) is 32.1 Å². The highest BCUT2D eigenvalue weighted by molar-refractivity contribution is 5.75. The van der Waals surface area contributed by atoms with Crippen LogP contribution in [0.1, 0.15) is 19.6 Å². The molecule has 0 aliphatic heterocycles. The molecule has 1 aromatic heterocycles. The van der Waals surface area contributed by atoms with Gasteiger partial charge in [-0.25, -0.2) is 0 Å². The highest BCUT2D eigenvalue weighted by Crippen LogP contribution is 2.31. The Hall–Kier alpha value is -2.01. The van der Waals surface area contributed by atoms with Crippen LogP contribution in [-0.4, -0.2) is 25.0 Å². The van der Waals surface area contributed by atoms with Crippen LogP contribution >= 0.6 is 0 Å². The smallest absolute Gasteiger partial charge is 0.175 e. The summed E-state index contributed by atoms with van der Waals surface area (Å²) in [6.45, 7) is 5.84. The number of benzene rings is 1. The second-order valence-electron chi connectivity index (χ2n) is 4.27. The van der Waals surface area contributed by atoms with Crippen LogP contribution in [0.4, 0.5) is 5.82 Å². The van der Waals surface area contributed by atoms with Crippen LogP contribution in [0.2, 0.25) is 0 Å². The lowest BCUT2D eigenvalue weighted by Gasteiger charge is -2.06. The number of nitrogens with zero attached hydrogens (tertiary/aromatic N) is 1. The molecule has 0 atom stereocenters. The van der Waals surface area contributed by atoms with Crippen molar-refractivity contribution >= 4 is 5.82 Å². The Morgan fingerprint density at radius 2 is 1.90 bits per heavy atom. The number of ether oxygens (including phenoxy) is 2. The molecule has 0 aliphatic carbocycles. The van der Waals surface area contributed by atoms with Gasteiger partial charge in [0.15, 0.2) is 5.82 Å². The Morgan fingerprint density at radius 3 is 2.55 bits per heavy atom. The van der Waals surface area contributed by atoms with E-state index >= 15 is 0 Å². The topological polar surface area (TPSA) is 70.5 Å². The minimum Gasteiger partial charge on any atom is -0.494 e. The van der Waals surface area contributed by atoms with Crippen LogP contribution in [-0.2, 0) is 11.2 Å². The van der Waals surface area contributed by atoms with Gasteiger partial charge < -0.3 is 19.7 Å². The fraction of sp³-hybridized carbons (Fsp3) is 0.400. The van der Waals surface area contributed by atoms with Crippen molar-refractivity contribution in [1.82, 2.24) is 5.16 Å². The molecule has 0 spiro atoms. The van der Waals surface area contributed by atoms with Crippen LogP contribution in [0, 0.1) is 0 Å². The van der Waals surface area contributed by atoms with Crippen LogP contribution in [0.5, 0.6) is 5.75 Å². The highest BCUT2D eigenvalue weighted by Gasteiger charge is 2.15. The molecule has 1 heterocycles. The molecule has 2 aromatic rings. The molecular weight excluding hydrogens is 256 g/mol. The van der Waals surface area contributed by atoms with Crippen molar-refractivity contribution in [1.29, 1.82) is 0 Å². The maximum Gasteiger partial charge on any atom is 0.175 e. The second-order valence-corrected chi connectivity index (χ2v) is 4.27. The van der Waals surface area contributed by atoms with E-state index in [1.165, 1.54) is 0 Å². The summed E-state index contributed by atoms with van der Waals surface area (Å²) in [6, 6.07) is 7.74. The number of anilines is 1. The third-order valence-electron chi connectivity index (χ3n) is 2.92. The molecule has 0 saturated carbocycles. The Morgan fingerprint density at radius 1 is 1.15 bits per heavy atom. The minimum atomic E-state index is 0.403. The molecule has 5 heteroatoms. The zero-order valence-electron chi connectivity index (χ0n) is 11.9. The third kappa shape index (κ3) is 3.30. The molecule has 2 N–H and O–H groups in total. The van der Waals surface area contributed by atoms with Crippen molar-refractivity contribution in [2.75, 3.05) is 25.6 Å². The standard InChI is InChI=1S/C15H20N2O3/c1-3-18-10-9-13-14(15(16)17-20-13)11-5-7-12(8-6-11)19-4-2/h5-8H,3-4,9-10H2,1-2H3,(H2,16,17). The zero-order valence-corrected chi connectivity index (χ0v) is 11.9. The summed E-state index contributed by atoms with van der Waals surface area (Å²) in [5.41, 5.74) is 7.71. The van der Waals surface area contributed by atoms with E-state index in [0.717, 1.165) is 22.6 Å². The van der Waals surface area contributed by atoms with Gasteiger partial charge in [0, 0.05) is 13.0 Å². The molecule has 0 unspecified atom stereocenters. The summed E-state index contributed by atoms with van der Waals surface area (Å²) < 4.78 is 16.1. The van der Waals surface area contributed by atoms with Crippen molar-refractivity contribution in [3.63, 3.8) is 0 Å². The van der Waals surface area contributed by atoms with E-state index in [-0.39, 0.29) is 0 Å². The van der Waals surface area contributed by atoms with Gasteiger partial charge in [-0.15, -0.1) is 0 Å². The molecule has 0 aliphatic rings. The summed E-state index contributed by atoms with van der Waals surface area (Å²) in [6.07, 6.45) is 0.653. The molecule has 0 radical (unpaired) electrons. The minimum absolute atomic E-state index is 0.403. The lowest BCUT2D eigenvalue weighted by molar-refractivity contribution is 0.145. The van der Waals surface area contributed by atoms with Gasteiger partial charge in [-0.05, 0) is 31.5 Å². The lowest BCUT2D eigenvalue weighted by Crippen LogP contribution is -1.99. The van der Waals surface area contributed by atoms with Crippen LogP contribution in [0.3, 0.4) is 0 Å². The Kier molecular flexibility index (Phi) is 5.01. The third-order valence-corrected chi connectivity index (χ3v) is 2.92. The first-order valence-corrected chi connectivity index (χ1v) is 6.81. The van der Waals surface area contributed by atoms with Gasteiger partial charge in [0.05, 0.1) is 18.8 Å². The van der Waals surface area contributed by atoms with Crippen molar-refractivity contribution in [3.8, 4) is 16.9 Å². The van der Waals surface area contributed by atoms with E-state index in [1.54, 1.807) is 0 Å². The maximum absolute atomic E-state index is 5.90. The largest absolute Gasteiger partial charge is 0.494 e. The Balaban J connectivity index is 2.20. The van der Waals surface area contributed by atoms with Gasteiger partial charge in [-0.3, -0.25) is 0 Å². The van der Waals surface area contributed by atoms with Gasteiger partial charge in [-0.1, -0.05) is 17.3 Å². The van der Waals surface area contributed by atoms with Crippen LogP contribution in [0.25, 0.3) is 11.1 Å². The molecule has 1 aromatic carbocycles. The number of nitrogens with two attached hydrogens (primary N) is 1. The fourth-order valence-electron chi connectivity index (χ4n) is 2.01. The summed E-state index contributed by atoms with van der Waals surface area (Å²) in [4.78, 5) is 0. The normalized spacial score (nSPS) is 10.7. The van der Waals surface area contributed by atoms with Gasteiger partial charge in [0.1, 0.15) is 11.5 Å². The molecular formula is C15H20N2O3. The number of nitrogen functional groups attached to an aromatic ring is 1. The first-order valence-electron chi connectivity index (χ1n) is 6.81. The van der Waals surface area contributed by atoms with Crippen LogP contribution in [0.15, 0.2) is 28.8 Å². The highest BCUT2D eigenvalue weighted by atomic mass is 16.5. The summed E-state index contributed by atoms with van der Waals surface area (Å²) in [5.74, 6) is 1.99. The predicted molar refractivity (Wildman–Crippen MR) is 77.7 cm³/mol. The molecule has 0 bridgehead atoms.